The van der Waals surface area contributed by atoms with E-state index in [2.05, 4.69) is 21.2 Å². The molecule has 5 nitrogen and oxygen atoms in total. The smallest absolute Gasteiger partial charge is 0.257 e. The van der Waals surface area contributed by atoms with Crippen LogP contribution in [0.5, 0.6) is 0 Å². The van der Waals surface area contributed by atoms with Crippen LogP contribution in [0, 0.1) is 5.82 Å². The van der Waals surface area contributed by atoms with Crippen LogP contribution in [-0.2, 0) is 4.79 Å². The summed E-state index contributed by atoms with van der Waals surface area (Å²) in [5.74, 6) is -0.992. The molecule has 1 atom stereocenters. The van der Waals surface area contributed by atoms with E-state index in [1.165, 1.54) is 12.1 Å². The van der Waals surface area contributed by atoms with E-state index < -0.39 is 5.82 Å². The quantitative estimate of drug-likeness (QED) is 0.765. The third-order valence-electron chi connectivity index (χ3n) is 3.96. The molecule has 0 saturated carbocycles. The Balaban J connectivity index is 0.00000288. The van der Waals surface area contributed by atoms with Gasteiger partial charge in [0.2, 0.25) is 5.91 Å². The van der Waals surface area contributed by atoms with Gasteiger partial charge >= 0.3 is 0 Å². The lowest BCUT2D eigenvalue weighted by atomic mass is 10.0. The highest BCUT2D eigenvalue weighted by molar-refractivity contribution is 9.10. The van der Waals surface area contributed by atoms with Crippen LogP contribution in [0.25, 0.3) is 0 Å². The van der Waals surface area contributed by atoms with Gasteiger partial charge in [0.1, 0.15) is 5.82 Å². The Hall–Kier alpha value is -1.18. The number of hydrogen-bond acceptors (Lipinski definition) is 3. The van der Waals surface area contributed by atoms with E-state index in [4.69, 9.17) is 5.73 Å². The molecule has 2 rings (SSSR count). The minimum absolute atomic E-state index is 0. The third kappa shape index (κ3) is 5.43. The fourth-order valence-electron chi connectivity index (χ4n) is 2.75. The topological polar surface area (TPSA) is 75.4 Å². The number of carbonyl (C=O) groups excluding carboxylic acids is 2. The summed E-state index contributed by atoms with van der Waals surface area (Å²) >= 11 is 3.19. The zero-order chi connectivity index (χ0) is 16.8. The Morgan fingerprint density at radius 2 is 2.12 bits per heavy atom. The van der Waals surface area contributed by atoms with E-state index >= 15 is 0 Å². The van der Waals surface area contributed by atoms with Crippen molar-refractivity contribution in [2.45, 2.75) is 31.7 Å². The molecule has 8 heteroatoms. The Bertz CT molecular complexity index is 588. The van der Waals surface area contributed by atoms with E-state index in [9.17, 15) is 14.0 Å². The van der Waals surface area contributed by atoms with Crippen molar-refractivity contribution in [2.75, 3.05) is 19.6 Å². The minimum atomic E-state index is -0.541. The van der Waals surface area contributed by atoms with Crippen LogP contribution >= 0.6 is 28.3 Å². The van der Waals surface area contributed by atoms with Crippen molar-refractivity contribution in [1.82, 2.24) is 10.2 Å². The third-order valence-corrected chi connectivity index (χ3v) is 4.45. The number of nitrogens with zero attached hydrogens (tertiary/aromatic N) is 1. The van der Waals surface area contributed by atoms with Crippen molar-refractivity contribution >= 4 is 40.2 Å². The fourth-order valence-corrected chi connectivity index (χ4v) is 3.08. The summed E-state index contributed by atoms with van der Waals surface area (Å²) in [7, 11) is 0. The molecule has 0 aromatic heterocycles. The van der Waals surface area contributed by atoms with Gasteiger partial charge < -0.3 is 16.0 Å². The molecule has 1 saturated heterocycles. The first-order chi connectivity index (χ1) is 11.0. The van der Waals surface area contributed by atoms with Gasteiger partial charge in [0.05, 0.1) is 5.56 Å². The van der Waals surface area contributed by atoms with Crippen molar-refractivity contribution in [3.8, 4) is 0 Å². The molecule has 0 bridgehead atoms. The second kappa shape index (κ2) is 9.96. The first-order valence-electron chi connectivity index (χ1n) is 7.75. The molecule has 1 aliphatic rings. The van der Waals surface area contributed by atoms with Crippen molar-refractivity contribution in [2.24, 2.45) is 5.73 Å². The van der Waals surface area contributed by atoms with Crippen molar-refractivity contribution in [3.63, 3.8) is 0 Å². The SMILES string of the molecule is Cl.NCCC(=O)NCC1CCCCN1C(=O)c1ccc(Br)cc1F. The molecular formula is C16H22BrClFN3O2. The zero-order valence-electron chi connectivity index (χ0n) is 13.3. The highest BCUT2D eigenvalue weighted by Gasteiger charge is 2.29. The average Bonchev–Trinajstić information content (AvgIpc) is 2.53. The van der Waals surface area contributed by atoms with Crippen molar-refractivity contribution in [1.29, 1.82) is 0 Å². The fraction of sp³-hybridized carbons (Fsp3) is 0.500. The summed E-state index contributed by atoms with van der Waals surface area (Å²) in [5.41, 5.74) is 5.41. The molecule has 0 radical (unpaired) electrons. The first kappa shape index (κ1) is 20.9. The molecule has 1 unspecified atom stereocenters. The largest absolute Gasteiger partial charge is 0.354 e. The van der Waals surface area contributed by atoms with Gasteiger partial charge in [-0.25, -0.2) is 4.39 Å². The Kier molecular flexibility index (Phi) is 8.66. The van der Waals surface area contributed by atoms with Crippen molar-refractivity contribution < 1.29 is 14.0 Å². The number of piperidine rings is 1. The molecule has 0 spiro atoms. The van der Waals surface area contributed by atoms with Gasteiger partial charge in [0.15, 0.2) is 0 Å². The van der Waals surface area contributed by atoms with Crippen LogP contribution < -0.4 is 11.1 Å². The van der Waals surface area contributed by atoms with Crippen LogP contribution in [0.15, 0.2) is 22.7 Å². The Labute approximate surface area is 155 Å². The molecule has 1 aliphatic heterocycles. The molecule has 0 aliphatic carbocycles. The maximum Gasteiger partial charge on any atom is 0.257 e. The molecule has 1 heterocycles. The number of benzene rings is 1. The Morgan fingerprint density at radius 3 is 2.79 bits per heavy atom. The Morgan fingerprint density at radius 1 is 1.38 bits per heavy atom. The predicted octanol–water partition coefficient (Wildman–Crippen LogP) is 2.47. The number of hydrogen-bond donors (Lipinski definition) is 2. The predicted molar refractivity (Wildman–Crippen MR) is 96.7 cm³/mol. The molecule has 1 aromatic rings. The van der Waals surface area contributed by atoms with E-state index in [0.29, 0.717) is 24.1 Å². The van der Waals surface area contributed by atoms with Crippen LogP contribution in [0.1, 0.15) is 36.0 Å². The first-order valence-corrected chi connectivity index (χ1v) is 8.55. The summed E-state index contributed by atoms with van der Waals surface area (Å²) in [5, 5.41) is 2.80. The number of likely N-dealkylation sites (tertiary alicyclic amines) is 1. The van der Waals surface area contributed by atoms with E-state index in [-0.39, 0.29) is 42.2 Å². The lowest BCUT2D eigenvalue weighted by molar-refractivity contribution is -0.121. The molecule has 3 N–H and O–H groups in total. The van der Waals surface area contributed by atoms with E-state index in [1.54, 1.807) is 11.0 Å². The molecular weight excluding hydrogens is 401 g/mol. The maximum atomic E-state index is 14.0. The number of rotatable bonds is 5. The van der Waals surface area contributed by atoms with Gasteiger partial charge in [-0.3, -0.25) is 9.59 Å². The number of nitrogens with one attached hydrogen (secondary N) is 1. The van der Waals surface area contributed by atoms with E-state index in [0.717, 1.165) is 19.3 Å². The highest BCUT2D eigenvalue weighted by atomic mass is 79.9. The summed E-state index contributed by atoms with van der Waals surface area (Å²) < 4.78 is 14.6. The summed E-state index contributed by atoms with van der Waals surface area (Å²) in [6.07, 6.45) is 2.94. The van der Waals surface area contributed by atoms with Gasteiger partial charge in [-0.15, -0.1) is 12.4 Å². The number of carbonyl (C=O) groups is 2. The summed E-state index contributed by atoms with van der Waals surface area (Å²) in [6, 6.07) is 4.31. The summed E-state index contributed by atoms with van der Waals surface area (Å²) in [6.45, 7) is 1.25. The average molecular weight is 423 g/mol. The number of halogens is 3. The zero-order valence-corrected chi connectivity index (χ0v) is 15.7. The van der Waals surface area contributed by atoms with Crippen LogP contribution in [-0.4, -0.2) is 42.4 Å². The van der Waals surface area contributed by atoms with Gasteiger partial charge in [-0.05, 0) is 37.5 Å². The highest BCUT2D eigenvalue weighted by Crippen LogP contribution is 2.22. The second-order valence-corrected chi connectivity index (χ2v) is 6.53. The monoisotopic (exact) mass is 421 g/mol. The lowest BCUT2D eigenvalue weighted by Crippen LogP contribution is -2.49. The number of nitrogens with two attached hydrogens (primary N) is 1. The second-order valence-electron chi connectivity index (χ2n) is 5.62. The molecule has 134 valence electrons. The molecule has 1 fully saturated rings. The van der Waals surface area contributed by atoms with Gasteiger partial charge in [-0.1, -0.05) is 15.9 Å². The van der Waals surface area contributed by atoms with Crippen LogP contribution in [0.3, 0.4) is 0 Å². The van der Waals surface area contributed by atoms with Gasteiger partial charge in [0.25, 0.3) is 5.91 Å². The van der Waals surface area contributed by atoms with Gasteiger partial charge in [-0.2, -0.15) is 0 Å². The summed E-state index contributed by atoms with van der Waals surface area (Å²) in [4.78, 5) is 25.9. The van der Waals surface area contributed by atoms with Crippen LogP contribution in [0.2, 0.25) is 0 Å². The van der Waals surface area contributed by atoms with Crippen LogP contribution in [0.4, 0.5) is 4.39 Å². The molecule has 24 heavy (non-hydrogen) atoms. The maximum absolute atomic E-state index is 14.0. The minimum Gasteiger partial charge on any atom is -0.354 e. The molecule has 1 aromatic carbocycles. The lowest BCUT2D eigenvalue weighted by Gasteiger charge is -2.36. The standard InChI is InChI=1S/C16H21BrFN3O2.ClH/c17-11-4-5-13(14(18)9-11)16(23)21-8-2-1-3-12(21)10-20-15(22)6-7-19;/h4-5,9,12H,1-3,6-8,10,19H2,(H,20,22);1H. The molecule has 2 amide bonds. The van der Waals surface area contributed by atoms with Crippen molar-refractivity contribution in [3.05, 3.63) is 34.1 Å². The van der Waals surface area contributed by atoms with E-state index in [1.807, 2.05) is 0 Å². The number of amides is 2. The normalized spacial score (nSPS) is 17.1. The van der Waals surface area contributed by atoms with Gasteiger partial charge in [0, 0.05) is 36.6 Å².